The van der Waals surface area contributed by atoms with E-state index in [-0.39, 0.29) is 11.8 Å². The number of amides is 2. The van der Waals surface area contributed by atoms with Crippen LogP contribution in [-0.2, 0) is 22.7 Å². The van der Waals surface area contributed by atoms with Crippen molar-refractivity contribution in [3.63, 3.8) is 0 Å². The summed E-state index contributed by atoms with van der Waals surface area (Å²) >= 11 is 12.0. The van der Waals surface area contributed by atoms with Crippen LogP contribution < -0.4 is 5.32 Å². The number of hydrogen-bond donors (Lipinski definition) is 1. The molecule has 1 atom stereocenters. The zero-order valence-corrected chi connectivity index (χ0v) is 19.4. The largest absolute Gasteiger partial charge is 0.350 e. The molecule has 0 radical (unpaired) electrons. The minimum atomic E-state index is -0.752. The molecular weight excluding hydrogens is 443 g/mol. The first kappa shape index (κ1) is 23.8. The smallest absolute Gasteiger partial charge is 0.247 e. The third-order valence-corrected chi connectivity index (χ3v) is 5.61. The summed E-state index contributed by atoms with van der Waals surface area (Å²) in [6.07, 6.45) is 1.06. The maximum atomic E-state index is 13.4. The van der Waals surface area contributed by atoms with Gasteiger partial charge in [0.05, 0.1) is 0 Å². The molecule has 0 aliphatic heterocycles. The fraction of sp³-hybridized carbons (Fsp3) is 0.231. The van der Waals surface area contributed by atoms with Gasteiger partial charge in [-0.15, -0.1) is 0 Å². The third-order valence-electron chi connectivity index (χ3n) is 5.11. The molecule has 0 aliphatic carbocycles. The Morgan fingerprint density at radius 1 is 0.844 bits per heavy atom. The molecule has 0 heterocycles. The van der Waals surface area contributed by atoms with Gasteiger partial charge in [0.25, 0.3) is 0 Å². The number of hydrogen-bond acceptors (Lipinski definition) is 2. The highest BCUT2D eigenvalue weighted by molar-refractivity contribution is 6.30. The number of carbonyl (C=O) groups is 2. The van der Waals surface area contributed by atoms with Gasteiger partial charge in [-0.25, -0.2) is 0 Å². The van der Waals surface area contributed by atoms with Crippen LogP contribution in [0.4, 0.5) is 0 Å². The molecule has 0 saturated heterocycles. The minimum absolute atomic E-state index is 0.0713. The van der Waals surface area contributed by atoms with Gasteiger partial charge in [-0.2, -0.15) is 0 Å². The molecule has 3 aromatic rings. The second kappa shape index (κ2) is 11.7. The SMILES string of the molecule is CCCC(=O)N(Cc1ccc(Cl)cc1)[C@@H](C(=O)NCc1ccc(Cl)cc1)c1ccccc1. The van der Waals surface area contributed by atoms with Gasteiger partial charge in [0.2, 0.25) is 11.8 Å². The van der Waals surface area contributed by atoms with Crippen molar-refractivity contribution in [1.29, 1.82) is 0 Å². The molecular formula is C26H26Cl2N2O2. The van der Waals surface area contributed by atoms with Gasteiger partial charge in [0, 0.05) is 29.6 Å². The van der Waals surface area contributed by atoms with Crippen LogP contribution in [0.5, 0.6) is 0 Å². The predicted octanol–water partition coefficient (Wildman–Crippen LogP) is 6.18. The molecule has 3 rings (SSSR count). The number of nitrogens with one attached hydrogen (secondary N) is 1. The van der Waals surface area contributed by atoms with Gasteiger partial charge in [0.1, 0.15) is 6.04 Å². The maximum Gasteiger partial charge on any atom is 0.247 e. The van der Waals surface area contributed by atoms with Gasteiger partial charge in [0.15, 0.2) is 0 Å². The van der Waals surface area contributed by atoms with Crippen LogP contribution in [0.1, 0.15) is 42.5 Å². The minimum Gasteiger partial charge on any atom is -0.350 e. The zero-order valence-electron chi connectivity index (χ0n) is 17.9. The molecule has 0 unspecified atom stereocenters. The van der Waals surface area contributed by atoms with Gasteiger partial charge < -0.3 is 10.2 Å². The Hall–Kier alpha value is -2.82. The lowest BCUT2D eigenvalue weighted by atomic mass is 10.0. The lowest BCUT2D eigenvalue weighted by Gasteiger charge is -2.31. The Kier molecular flexibility index (Phi) is 8.72. The van der Waals surface area contributed by atoms with E-state index in [4.69, 9.17) is 23.2 Å². The second-order valence-corrected chi connectivity index (χ2v) is 8.43. The van der Waals surface area contributed by atoms with Crippen molar-refractivity contribution < 1.29 is 9.59 Å². The standard InChI is InChI=1S/C26H26Cl2N2O2/c1-2-6-24(31)30(18-20-11-15-23(28)16-12-20)25(21-7-4-3-5-8-21)26(32)29-17-19-9-13-22(27)14-10-19/h3-5,7-16,25H,2,6,17-18H2,1H3,(H,29,32)/t25-/m1/s1. The highest BCUT2D eigenvalue weighted by Gasteiger charge is 2.31. The van der Waals surface area contributed by atoms with Crippen LogP contribution in [0.25, 0.3) is 0 Å². The number of rotatable bonds is 9. The number of carbonyl (C=O) groups excluding carboxylic acids is 2. The van der Waals surface area contributed by atoms with E-state index >= 15 is 0 Å². The molecule has 3 aromatic carbocycles. The molecule has 2 amide bonds. The first-order valence-corrected chi connectivity index (χ1v) is 11.3. The summed E-state index contributed by atoms with van der Waals surface area (Å²) in [5.41, 5.74) is 2.60. The van der Waals surface area contributed by atoms with Crippen molar-refractivity contribution in [2.24, 2.45) is 0 Å². The van der Waals surface area contributed by atoms with Crippen LogP contribution in [0.3, 0.4) is 0 Å². The summed E-state index contributed by atoms with van der Waals surface area (Å²) in [4.78, 5) is 28.2. The lowest BCUT2D eigenvalue weighted by Crippen LogP contribution is -2.43. The van der Waals surface area contributed by atoms with E-state index in [1.807, 2.05) is 61.5 Å². The maximum absolute atomic E-state index is 13.4. The molecule has 166 valence electrons. The fourth-order valence-electron chi connectivity index (χ4n) is 3.46. The Balaban J connectivity index is 1.90. The van der Waals surface area contributed by atoms with Gasteiger partial charge in [-0.3, -0.25) is 9.59 Å². The van der Waals surface area contributed by atoms with Crippen LogP contribution in [0.15, 0.2) is 78.9 Å². The van der Waals surface area contributed by atoms with Gasteiger partial charge >= 0.3 is 0 Å². The summed E-state index contributed by atoms with van der Waals surface area (Å²) in [5.74, 6) is -0.303. The Labute approximate surface area is 199 Å². The average Bonchev–Trinajstić information content (AvgIpc) is 2.80. The van der Waals surface area contributed by atoms with Crippen molar-refractivity contribution in [2.75, 3.05) is 0 Å². The van der Waals surface area contributed by atoms with E-state index in [0.717, 1.165) is 16.7 Å². The fourth-order valence-corrected chi connectivity index (χ4v) is 3.72. The van der Waals surface area contributed by atoms with E-state index in [2.05, 4.69) is 5.32 Å². The van der Waals surface area contributed by atoms with E-state index in [9.17, 15) is 9.59 Å². The highest BCUT2D eigenvalue weighted by atomic mass is 35.5. The Bertz CT molecular complexity index is 1020. The van der Waals surface area contributed by atoms with E-state index in [1.54, 1.807) is 29.2 Å². The summed E-state index contributed by atoms with van der Waals surface area (Å²) < 4.78 is 0. The Morgan fingerprint density at radius 2 is 1.41 bits per heavy atom. The monoisotopic (exact) mass is 468 g/mol. The quantitative estimate of drug-likeness (QED) is 0.407. The first-order valence-electron chi connectivity index (χ1n) is 10.6. The molecule has 0 bridgehead atoms. The summed E-state index contributed by atoms with van der Waals surface area (Å²) in [6.45, 7) is 2.61. The average molecular weight is 469 g/mol. The molecule has 32 heavy (non-hydrogen) atoms. The summed E-state index contributed by atoms with van der Waals surface area (Å²) in [7, 11) is 0. The van der Waals surface area contributed by atoms with Crippen molar-refractivity contribution in [1.82, 2.24) is 10.2 Å². The van der Waals surface area contributed by atoms with Crippen molar-refractivity contribution in [3.8, 4) is 0 Å². The lowest BCUT2D eigenvalue weighted by molar-refractivity contribution is -0.141. The van der Waals surface area contributed by atoms with Crippen LogP contribution in [0, 0.1) is 0 Å². The van der Waals surface area contributed by atoms with E-state index < -0.39 is 6.04 Å². The highest BCUT2D eigenvalue weighted by Crippen LogP contribution is 2.25. The third kappa shape index (κ3) is 6.59. The zero-order chi connectivity index (χ0) is 22.9. The normalized spacial score (nSPS) is 11.6. The van der Waals surface area contributed by atoms with Crippen molar-refractivity contribution in [3.05, 3.63) is 106 Å². The number of nitrogens with zero attached hydrogens (tertiary/aromatic N) is 1. The first-order chi connectivity index (χ1) is 15.5. The molecule has 0 spiro atoms. The van der Waals surface area contributed by atoms with Crippen molar-refractivity contribution >= 4 is 35.0 Å². The molecule has 0 fully saturated rings. The predicted molar refractivity (Wildman–Crippen MR) is 129 cm³/mol. The molecule has 0 aliphatic rings. The molecule has 0 aromatic heterocycles. The molecule has 1 N–H and O–H groups in total. The second-order valence-electron chi connectivity index (χ2n) is 7.56. The summed E-state index contributed by atoms with van der Waals surface area (Å²) in [6, 6.07) is 23.3. The van der Waals surface area contributed by atoms with E-state index in [1.165, 1.54) is 0 Å². The van der Waals surface area contributed by atoms with Gasteiger partial charge in [-0.1, -0.05) is 84.7 Å². The Morgan fingerprint density at radius 3 is 1.97 bits per heavy atom. The topological polar surface area (TPSA) is 49.4 Å². The molecule has 0 saturated carbocycles. The number of benzene rings is 3. The van der Waals surface area contributed by atoms with Crippen molar-refractivity contribution in [2.45, 2.75) is 38.9 Å². The van der Waals surface area contributed by atoms with E-state index in [0.29, 0.717) is 36.0 Å². The van der Waals surface area contributed by atoms with Crippen LogP contribution in [-0.4, -0.2) is 16.7 Å². The molecule has 4 nitrogen and oxygen atoms in total. The summed E-state index contributed by atoms with van der Waals surface area (Å²) in [5, 5.41) is 4.26. The number of halogens is 2. The van der Waals surface area contributed by atoms with Crippen LogP contribution >= 0.6 is 23.2 Å². The van der Waals surface area contributed by atoms with Gasteiger partial charge in [-0.05, 0) is 47.4 Å². The molecule has 6 heteroatoms. The van der Waals surface area contributed by atoms with Crippen LogP contribution in [0.2, 0.25) is 10.0 Å².